The maximum absolute atomic E-state index is 12.4. The van der Waals surface area contributed by atoms with E-state index in [1.54, 1.807) is 24.3 Å². The first kappa shape index (κ1) is 26.5. The number of carboxylic acid groups (broad SMARTS) is 1. The summed E-state index contributed by atoms with van der Waals surface area (Å²) >= 11 is 4.20. The highest BCUT2D eigenvalue weighted by Crippen LogP contribution is 2.21. The molecule has 1 aromatic rings. The van der Waals surface area contributed by atoms with Crippen molar-refractivity contribution >= 4 is 24.6 Å². The molecular formula is C25H40O4S. The molecule has 1 rings (SSSR count). The van der Waals surface area contributed by atoms with E-state index in [0.717, 1.165) is 24.2 Å². The summed E-state index contributed by atoms with van der Waals surface area (Å²) in [5.41, 5.74) is 0. The van der Waals surface area contributed by atoms with Crippen molar-refractivity contribution in [2.24, 2.45) is 5.92 Å². The van der Waals surface area contributed by atoms with E-state index in [0.29, 0.717) is 12.2 Å². The summed E-state index contributed by atoms with van der Waals surface area (Å²) in [7, 11) is 0. The van der Waals surface area contributed by atoms with Crippen LogP contribution in [-0.4, -0.2) is 17.0 Å². The topological polar surface area (TPSA) is 63.6 Å². The van der Waals surface area contributed by atoms with E-state index in [1.165, 1.54) is 64.2 Å². The number of carbonyl (C=O) groups is 2. The van der Waals surface area contributed by atoms with Crippen LogP contribution in [0.5, 0.6) is 5.75 Å². The Morgan fingerprint density at radius 3 is 1.77 bits per heavy atom. The number of aliphatic carboxylic acids is 1. The minimum atomic E-state index is -0.961. The van der Waals surface area contributed by atoms with Crippen molar-refractivity contribution in [3.05, 3.63) is 24.3 Å². The third-order valence-electron chi connectivity index (χ3n) is 5.47. The molecular weight excluding hydrogens is 396 g/mol. The molecule has 0 heterocycles. The summed E-state index contributed by atoms with van der Waals surface area (Å²) in [6.07, 6.45) is 16.8. The maximum Gasteiger partial charge on any atom is 0.314 e. The summed E-state index contributed by atoms with van der Waals surface area (Å²) in [5.74, 6) is -1.58. The van der Waals surface area contributed by atoms with Gasteiger partial charge in [0, 0.05) is 4.90 Å². The zero-order valence-corrected chi connectivity index (χ0v) is 19.5. The number of thiol groups is 1. The predicted molar refractivity (Wildman–Crippen MR) is 125 cm³/mol. The number of esters is 1. The summed E-state index contributed by atoms with van der Waals surface area (Å²) < 4.78 is 5.36. The smallest absolute Gasteiger partial charge is 0.314 e. The number of ether oxygens (including phenoxy) is 1. The lowest BCUT2D eigenvalue weighted by atomic mass is 9.97. The highest BCUT2D eigenvalue weighted by atomic mass is 32.1. The van der Waals surface area contributed by atoms with Gasteiger partial charge in [0.2, 0.25) is 0 Å². The molecule has 1 atom stereocenters. The normalized spacial score (nSPS) is 11.9. The predicted octanol–water partition coefficient (Wildman–Crippen LogP) is 7.45. The van der Waals surface area contributed by atoms with E-state index < -0.39 is 17.9 Å². The van der Waals surface area contributed by atoms with Crippen LogP contribution in [0.25, 0.3) is 0 Å². The standard InChI is InChI=1S/C25H40O4S/c1-2-3-4-5-6-7-8-9-10-11-12-13-14-15-21(20-24(26)27)25(28)29-22-16-18-23(30)19-17-22/h16-19,21,30H,2-15,20H2,1H3,(H,26,27). The molecule has 0 aliphatic heterocycles. The van der Waals surface area contributed by atoms with E-state index >= 15 is 0 Å². The Hall–Kier alpha value is -1.49. The van der Waals surface area contributed by atoms with Gasteiger partial charge in [-0.3, -0.25) is 9.59 Å². The van der Waals surface area contributed by atoms with Gasteiger partial charge in [0.1, 0.15) is 5.75 Å². The number of rotatable bonds is 18. The zero-order chi connectivity index (χ0) is 22.0. The van der Waals surface area contributed by atoms with Gasteiger partial charge in [-0.05, 0) is 30.7 Å². The molecule has 0 bridgehead atoms. The van der Waals surface area contributed by atoms with Gasteiger partial charge in [-0.25, -0.2) is 0 Å². The molecule has 0 aliphatic rings. The van der Waals surface area contributed by atoms with Crippen molar-refractivity contribution in [1.29, 1.82) is 0 Å². The molecule has 5 heteroatoms. The van der Waals surface area contributed by atoms with Crippen LogP contribution in [0.2, 0.25) is 0 Å². The van der Waals surface area contributed by atoms with E-state index in [-0.39, 0.29) is 6.42 Å². The van der Waals surface area contributed by atoms with Gasteiger partial charge in [0.15, 0.2) is 0 Å². The molecule has 1 aromatic carbocycles. The summed E-state index contributed by atoms with van der Waals surface area (Å²) in [6, 6.07) is 6.82. The molecule has 1 N–H and O–H groups in total. The molecule has 0 spiro atoms. The Morgan fingerprint density at radius 1 is 0.833 bits per heavy atom. The number of hydrogen-bond acceptors (Lipinski definition) is 4. The summed E-state index contributed by atoms with van der Waals surface area (Å²) in [6.45, 7) is 2.25. The number of carboxylic acids is 1. The van der Waals surface area contributed by atoms with Gasteiger partial charge >= 0.3 is 11.9 Å². The van der Waals surface area contributed by atoms with Gasteiger partial charge in [-0.15, -0.1) is 12.6 Å². The minimum Gasteiger partial charge on any atom is -0.481 e. The number of benzene rings is 1. The summed E-state index contributed by atoms with van der Waals surface area (Å²) in [4.78, 5) is 24.3. The number of unbranched alkanes of at least 4 members (excludes halogenated alkanes) is 12. The average Bonchev–Trinajstić information content (AvgIpc) is 2.72. The first-order valence-corrected chi connectivity index (χ1v) is 12.2. The molecule has 0 saturated heterocycles. The molecule has 4 nitrogen and oxygen atoms in total. The first-order chi connectivity index (χ1) is 14.5. The Kier molecular flexibility index (Phi) is 15.2. The SMILES string of the molecule is CCCCCCCCCCCCCCCC(CC(=O)O)C(=O)Oc1ccc(S)cc1. The van der Waals surface area contributed by atoms with Crippen LogP contribution in [0.4, 0.5) is 0 Å². The molecule has 0 amide bonds. The third-order valence-corrected chi connectivity index (χ3v) is 5.76. The van der Waals surface area contributed by atoms with Crippen molar-refractivity contribution in [3.63, 3.8) is 0 Å². The van der Waals surface area contributed by atoms with Crippen molar-refractivity contribution in [2.45, 2.75) is 108 Å². The van der Waals surface area contributed by atoms with Gasteiger partial charge in [-0.2, -0.15) is 0 Å². The molecule has 0 aliphatic carbocycles. The fourth-order valence-corrected chi connectivity index (χ4v) is 3.79. The van der Waals surface area contributed by atoms with Gasteiger partial charge in [-0.1, -0.05) is 90.4 Å². The largest absolute Gasteiger partial charge is 0.481 e. The van der Waals surface area contributed by atoms with E-state index in [2.05, 4.69) is 19.6 Å². The fourth-order valence-electron chi connectivity index (χ4n) is 3.64. The zero-order valence-electron chi connectivity index (χ0n) is 18.6. The van der Waals surface area contributed by atoms with E-state index in [4.69, 9.17) is 9.84 Å². The second kappa shape index (κ2) is 17.2. The van der Waals surface area contributed by atoms with Crippen molar-refractivity contribution < 1.29 is 19.4 Å². The van der Waals surface area contributed by atoms with Crippen molar-refractivity contribution in [1.82, 2.24) is 0 Å². The molecule has 0 aromatic heterocycles. The van der Waals surface area contributed by atoms with Crippen LogP contribution >= 0.6 is 12.6 Å². The quantitative estimate of drug-likeness (QED) is 0.108. The number of carbonyl (C=O) groups excluding carboxylic acids is 1. The molecule has 170 valence electrons. The van der Waals surface area contributed by atoms with Gasteiger partial charge in [0.25, 0.3) is 0 Å². The molecule has 30 heavy (non-hydrogen) atoms. The van der Waals surface area contributed by atoms with Crippen LogP contribution in [-0.2, 0) is 9.59 Å². The third kappa shape index (κ3) is 13.7. The molecule has 0 fully saturated rings. The number of hydrogen-bond donors (Lipinski definition) is 2. The maximum atomic E-state index is 12.4. The lowest BCUT2D eigenvalue weighted by molar-refractivity contribution is -0.146. The van der Waals surface area contributed by atoms with E-state index in [1.807, 2.05) is 0 Å². The molecule has 0 saturated carbocycles. The Balaban J connectivity index is 2.14. The van der Waals surface area contributed by atoms with Crippen LogP contribution < -0.4 is 4.74 Å². The van der Waals surface area contributed by atoms with E-state index in [9.17, 15) is 9.59 Å². The van der Waals surface area contributed by atoms with Crippen LogP contribution in [0.15, 0.2) is 29.2 Å². The highest BCUT2D eigenvalue weighted by molar-refractivity contribution is 7.80. The van der Waals surface area contributed by atoms with Crippen molar-refractivity contribution in [3.8, 4) is 5.75 Å². The second-order valence-electron chi connectivity index (χ2n) is 8.24. The lowest BCUT2D eigenvalue weighted by Gasteiger charge is -2.14. The second-order valence-corrected chi connectivity index (χ2v) is 8.76. The average molecular weight is 437 g/mol. The first-order valence-electron chi connectivity index (χ1n) is 11.8. The van der Waals surface area contributed by atoms with Crippen LogP contribution in [0.3, 0.4) is 0 Å². The fraction of sp³-hybridized carbons (Fsp3) is 0.680. The lowest BCUT2D eigenvalue weighted by Crippen LogP contribution is -2.23. The van der Waals surface area contributed by atoms with Crippen molar-refractivity contribution in [2.75, 3.05) is 0 Å². The van der Waals surface area contributed by atoms with Gasteiger partial charge < -0.3 is 9.84 Å². The van der Waals surface area contributed by atoms with Crippen LogP contribution in [0, 0.1) is 5.92 Å². The van der Waals surface area contributed by atoms with Gasteiger partial charge in [0.05, 0.1) is 12.3 Å². The minimum absolute atomic E-state index is 0.179. The Labute approximate surface area is 188 Å². The Morgan fingerprint density at radius 2 is 1.30 bits per heavy atom. The monoisotopic (exact) mass is 436 g/mol. The highest BCUT2D eigenvalue weighted by Gasteiger charge is 2.23. The summed E-state index contributed by atoms with van der Waals surface area (Å²) in [5, 5.41) is 9.12. The molecule has 1 unspecified atom stereocenters. The Bertz CT molecular complexity index is 585. The van der Waals surface area contributed by atoms with Crippen LogP contribution in [0.1, 0.15) is 103 Å². The molecule has 0 radical (unpaired) electrons.